The fourth-order valence-corrected chi connectivity index (χ4v) is 2.19. The molecule has 0 spiro atoms. The van der Waals surface area contributed by atoms with Gasteiger partial charge in [0, 0.05) is 24.4 Å². The number of nitrogen functional groups attached to an aromatic ring is 1. The first-order valence-corrected chi connectivity index (χ1v) is 5.53. The summed E-state index contributed by atoms with van der Waals surface area (Å²) < 4.78 is 7.91. The highest BCUT2D eigenvalue weighted by molar-refractivity contribution is 9.10. The van der Waals surface area contributed by atoms with E-state index in [0.29, 0.717) is 5.69 Å². The van der Waals surface area contributed by atoms with Gasteiger partial charge in [0.15, 0.2) is 0 Å². The zero-order valence-corrected chi connectivity index (χ0v) is 10.7. The fourth-order valence-electron chi connectivity index (χ4n) is 1.61. The Kier molecular flexibility index (Phi) is 2.87. The van der Waals surface area contributed by atoms with E-state index in [1.807, 2.05) is 19.2 Å². The maximum atomic E-state index is 5.82. The molecule has 84 valence electrons. The molecule has 0 aliphatic heterocycles. The summed E-state index contributed by atoms with van der Waals surface area (Å²) in [5.41, 5.74) is 8.44. The molecule has 4 nitrogen and oxygen atoms in total. The average molecular weight is 282 g/mol. The van der Waals surface area contributed by atoms with Crippen LogP contribution in [0, 0.1) is 0 Å². The van der Waals surface area contributed by atoms with Crippen LogP contribution in [-0.2, 0) is 7.05 Å². The maximum Gasteiger partial charge on any atom is 0.121 e. The van der Waals surface area contributed by atoms with Crippen molar-refractivity contribution in [2.24, 2.45) is 7.05 Å². The van der Waals surface area contributed by atoms with E-state index in [4.69, 9.17) is 10.5 Å². The molecule has 2 aromatic rings. The number of aryl methyl sites for hydroxylation is 1. The van der Waals surface area contributed by atoms with Crippen molar-refractivity contribution in [3.05, 3.63) is 28.9 Å². The molecule has 0 bridgehead atoms. The Morgan fingerprint density at radius 1 is 1.38 bits per heavy atom. The lowest BCUT2D eigenvalue weighted by atomic mass is 10.1. The van der Waals surface area contributed by atoms with Crippen molar-refractivity contribution < 1.29 is 4.74 Å². The highest BCUT2D eigenvalue weighted by Crippen LogP contribution is 2.31. The lowest BCUT2D eigenvalue weighted by Gasteiger charge is -2.07. The van der Waals surface area contributed by atoms with Gasteiger partial charge in [-0.2, -0.15) is 5.10 Å². The first kappa shape index (κ1) is 11.0. The Labute approximate surface area is 102 Å². The summed E-state index contributed by atoms with van der Waals surface area (Å²) in [4.78, 5) is 0. The summed E-state index contributed by atoms with van der Waals surface area (Å²) in [7, 11) is 3.51. The lowest BCUT2D eigenvalue weighted by Crippen LogP contribution is -1.96. The zero-order chi connectivity index (χ0) is 11.7. The molecule has 16 heavy (non-hydrogen) atoms. The van der Waals surface area contributed by atoms with Crippen LogP contribution in [0.15, 0.2) is 28.9 Å². The lowest BCUT2D eigenvalue weighted by molar-refractivity contribution is 0.415. The zero-order valence-electron chi connectivity index (χ0n) is 9.07. The molecule has 0 unspecified atom stereocenters. The van der Waals surface area contributed by atoms with E-state index in [1.54, 1.807) is 24.1 Å². The van der Waals surface area contributed by atoms with E-state index in [2.05, 4.69) is 21.0 Å². The normalized spacial score (nSPS) is 10.4. The van der Waals surface area contributed by atoms with Gasteiger partial charge < -0.3 is 10.5 Å². The fraction of sp³-hybridized carbons (Fsp3) is 0.182. The Morgan fingerprint density at radius 3 is 2.69 bits per heavy atom. The van der Waals surface area contributed by atoms with Crippen LogP contribution in [0.25, 0.3) is 11.3 Å². The Bertz CT molecular complexity index is 502. The minimum Gasteiger partial charge on any atom is -0.497 e. The van der Waals surface area contributed by atoms with Crippen molar-refractivity contribution in [1.82, 2.24) is 9.78 Å². The van der Waals surface area contributed by atoms with Crippen LogP contribution in [0.5, 0.6) is 5.75 Å². The van der Waals surface area contributed by atoms with Gasteiger partial charge >= 0.3 is 0 Å². The highest BCUT2D eigenvalue weighted by Gasteiger charge is 2.10. The van der Waals surface area contributed by atoms with Crippen molar-refractivity contribution in [2.75, 3.05) is 12.8 Å². The Hall–Kier alpha value is -1.49. The Balaban J connectivity index is 2.60. The Morgan fingerprint density at radius 2 is 2.12 bits per heavy atom. The third-order valence-electron chi connectivity index (χ3n) is 2.33. The summed E-state index contributed by atoms with van der Waals surface area (Å²) in [5.74, 6) is 0.739. The molecule has 0 radical (unpaired) electrons. The van der Waals surface area contributed by atoms with E-state index < -0.39 is 0 Å². The average Bonchev–Trinajstić information content (AvgIpc) is 2.57. The molecule has 0 aliphatic rings. The number of halogens is 1. The molecule has 1 aromatic heterocycles. The van der Waals surface area contributed by atoms with Gasteiger partial charge in [-0.3, -0.25) is 4.68 Å². The molecule has 1 aromatic carbocycles. The number of hydrogen-bond acceptors (Lipinski definition) is 3. The molecule has 0 aliphatic carbocycles. The van der Waals surface area contributed by atoms with Crippen molar-refractivity contribution in [1.29, 1.82) is 0 Å². The number of benzene rings is 1. The van der Waals surface area contributed by atoms with E-state index in [9.17, 15) is 0 Å². The van der Waals surface area contributed by atoms with Gasteiger partial charge in [-0.15, -0.1) is 0 Å². The molecule has 0 amide bonds. The van der Waals surface area contributed by atoms with Gasteiger partial charge in [0.2, 0.25) is 0 Å². The number of methoxy groups -OCH3 is 1. The van der Waals surface area contributed by atoms with Gasteiger partial charge in [0.05, 0.1) is 23.5 Å². The third-order valence-corrected chi connectivity index (χ3v) is 2.91. The third kappa shape index (κ3) is 1.90. The van der Waals surface area contributed by atoms with Gasteiger partial charge in [0.1, 0.15) is 5.75 Å². The van der Waals surface area contributed by atoms with Crippen molar-refractivity contribution in [3.63, 3.8) is 0 Å². The smallest absolute Gasteiger partial charge is 0.121 e. The van der Waals surface area contributed by atoms with Crippen molar-refractivity contribution in [2.45, 2.75) is 0 Å². The molecule has 2 rings (SSSR count). The summed E-state index contributed by atoms with van der Waals surface area (Å²) in [6.07, 6.45) is 1.75. The highest BCUT2D eigenvalue weighted by atomic mass is 79.9. The molecule has 0 atom stereocenters. The molecule has 5 heteroatoms. The summed E-state index contributed by atoms with van der Waals surface area (Å²) in [5, 5.41) is 4.17. The van der Waals surface area contributed by atoms with Crippen LogP contribution in [0.3, 0.4) is 0 Å². The summed E-state index contributed by atoms with van der Waals surface area (Å²) in [6.45, 7) is 0. The number of aromatic nitrogens is 2. The second kappa shape index (κ2) is 4.17. The topological polar surface area (TPSA) is 53.1 Å². The predicted octanol–water partition coefficient (Wildman–Crippen LogP) is 2.44. The van der Waals surface area contributed by atoms with Crippen LogP contribution in [0.4, 0.5) is 5.69 Å². The van der Waals surface area contributed by atoms with Crippen LogP contribution < -0.4 is 10.5 Å². The quantitative estimate of drug-likeness (QED) is 0.861. The second-order valence-corrected chi connectivity index (χ2v) is 4.31. The molecule has 0 fully saturated rings. The van der Waals surface area contributed by atoms with Gasteiger partial charge in [0.25, 0.3) is 0 Å². The number of nitrogens with two attached hydrogens (primary N) is 1. The summed E-state index contributed by atoms with van der Waals surface area (Å²) >= 11 is 3.46. The number of nitrogens with zero attached hydrogens (tertiary/aromatic N) is 2. The molecular weight excluding hydrogens is 270 g/mol. The monoisotopic (exact) mass is 281 g/mol. The predicted molar refractivity (Wildman–Crippen MR) is 67.3 cm³/mol. The van der Waals surface area contributed by atoms with Crippen LogP contribution in [0.1, 0.15) is 0 Å². The molecule has 2 N–H and O–H groups in total. The van der Waals surface area contributed by atoms with E-state index in [1.165, 1.54) is 0 Å². The van der Waals surface area contributed by atoms with Crippen LogP contribution >= 0.6 is 15.9 Å². The molecule has 0 saturated carbocycles. The number of ether oxygens (including phenoxy) is 1. The van der Waals surface area contributed by atoms with E-state index in [-0.39, 0.29) is 0 Å². The molecular formula is C11H12BrN3O. The van der Waals surface area contributed by atoms with Gasteiger partial charge in [-0.05, 0) is 28.1 Å². The van der Waals surface area contributed by atoms with Crippen molar-refractivity contribution in [3.8, 4) is 17.0 Å². The van der Waals surface area contributed by atoms with Gasteiger partial charge in [-0.1, -0.05) is 0 Å². The van der Waals surface area contributed by atoms with Crippen molar-refractivity contribution >= 4 is 21.6 Å². The van der Waals surface area contributed by atoms with Crippen LogP contribution in [-0.4, -0.2) is 16.9 Å². The first-order valence-electron chi connectivity index (χ1n) is 4.74. The standard InChI is InChI=1S/C11H12BrN3O/c1-15-11(10(12)6-14-15)7-3-8(13)5-9(4-7)16-2/h3-6H,13H2,1-2H3. The number of hydrogen-bond donors (Lipinski definition) is 1. The van der Waals surface area contributed by atoms with E-state index in [0.717, 1.165) is 21.5 Å². The largest absolute Gasteiger partial charge is 0.497 e. The summed E-state index contributed by atoms with van der Waals surface area (Å²) in [6, 6.07) is 5.61. The minimum absolute atomic E-state index is 0.669. The van der Waals surface area contributed by atoms with Gasteiger partial charge in [-0.25, -0.2) is 0 Å². The number of rotatable bonds is 2. The number of anilines is 1. The molecule has 1 heterocycles. The SMILES string of the molecule is COc1cc(N)cc(-c2c(Br)cnn2C)c1. The van der Waals surface area contributed by atoms with Crippen LogP contribution in [0.2, 0.25) is 0 Å². The van der Waals surface area contributed by atoms with E-state index >= 15 is 0 Å². The first-order chi connectivity index (χ1) is 7.61. The second-order valence-electron chi connectivity index (χ2n) is 3.46. The minimum atomic E-state index is 0.669. The molecule has 0 saturated heterocycles. The maximum absolute atomic E-state index is 5.82.